The first-order valence-electron chi connectivity index (χ1n) is 10.9. The van der Waals surface area contributed by atoms with Gasteiger partial charge in [0, 0.05) is 36.0 Å². The number of urea groups is 1. The lowest BCUT2D eigenvalue weighted by Crippen LogP contribution is -2.22. The number of carbonyl (C=O) groups is 2. The van der Waals surface area contributed by atoms with E-state index in [1.807, 2.05) is 24.4 Å². The van der Waals surface area contributed by atoms with Gasteiger partial charge in [-0.1, -0.05) is 24.3 Å². The molecule has 3 aromatic heterocycles. The van der Waals surface area contributed by atoms with Crippen molar-refractivity contribution in [3.63, 3.8) is 0 Å². The number of hydrogen-bond acceptors (Lipinski definition) is 7. The molecule has 1 aliphatic heterocycles. The number of hydrogen-bond donors (Lipinski definition) is 5. The van der Waals surface area contributed by atoms with Gasteiger partial charge in [-0.2, -0.15) is 14.7 Å². The SMILES string of the molecule is O=C1NC(=O)/C(=C\c2cnn3c(NC4CC4)cc(NCc4ccccc4-c4cn[nH]c4)nc23)N1. The van der Waals surface area contributed by atoms with Crippen molar-refractivity contribution in [1.82, 2.24) is 35.4 Å². The summed E-state index contributed by atoms with van der Waals surface area (Å²) >= 11 is 0. The first kappa shape index (κ1) is 20.0. The van der Waals surface area contributed by atoms with Crippen LogP contribution in [0.4, 0.5) is 16.4 Å². The number of imide groups is 1. The molecule has 6 rings (SSSR count). The van der Waals surface area contributed by atoms with E-state index in [2.05, 4.69) is 48.7 Å². The smallest absolute Gasteiger partial charge is 0.326 e. The minimum atomic E-state index is -0.546. The molecule has 4 heterocycles. The fraction of sp³-hybridized carbons (Fsp3) is 0.174. The summed E-state index contributed by atoms with van der Waals surface area (Å²) in [6, 6.07) is 9.91. The van der Waals surface area contributed by atoms with Crippen molar-refractivity contribution >= 4 is 35.3 Å². The number of carbonyl (C=O) groups excluding carboxylic acids is 2. The van der Waals surface area contributed by atoms with Crippen molar-refractivity contribution in [2.24, 2.45) is 0 Å². The minimum absolute atomic E-state index is 0.158. The Hall–Kier alpha value is -4.67. The Bertz CT molecular complexity index is 1430. The second kappa shape index (κ2) is 8.03. The van der Waals surface area contributed by atoms with Gasteiger partial charge in [0.2, 0.25) is 0 Å². The van der Waals surface area contributed by atoms with E-state index >= 15 is 0 Å². The molecular weight excluding hydrogens is 434 g/mol. The summed E-state index contributed by atoms with van der Waals surface area (Å²) in [6.45, 7) is 0.552. The number of amides is 3. The molecule has 1 saturated carbocycles. The van der Waals surface area contributed by atoms with Gasteiger partial charge in [-0.3, -0.25) is 15.2 Å². The first-order chi connectivity index (χ1) is 16.6. The lowest BCUT2D eigenvalue weighted by atomic mass is 10.0. The van der Waals surface area contributed by atoms with Crippen LogP contribution in [0.3, 0.4) is 0 Å². The van der Waals surface area contributed by atoms with Gasteiger partial charge in [0.15, 0.2) is 5.65 Å². The largest absolute Gasteiger partial charge is 0.367 e. The predicted molar refractivity (Wildman–Crippen MR) is 126 cm³/mol. The third-order valence-corrected chi connectivity index (χ3v) is 5.73. The molecule has 3 amide bonds. The maximum Gasteiger partial charge on any atom is 0.326 e. The van der Waals surface area contributed by atoms with Crippen LogP contribution in [0, 0.1) is 0 Å². The normalized spacial score (nSPS) is 16.6. The van der Waals surface area contributed by atoms with Crippen molar-refractivity contribution < 1.29 is 9.59 Å². The zero-order valence-corrected chi connectivity index (χ0v) is 18.0. The summed E-state index contributed by atoms with van der Waals surface area (Å²) in [7, 11) is 0. The topological polar surface area (TPSA) is 141 Å². The summed E-state index contributed by atoms with van der Waals surface area (Å²) in [5.41, 5.74) is 4.54. The summed E-state index contributed by atoms with van der Waals surface area (Å²) in [4.78, 5) is 28.2. The molecule has 11 heteroatoms. The highest BCUT2D eigenvalue weighted by molar-refractivity contribution is 6.14. The zero-order valence-electron chi connectivity index (χ0n) is 18.0. The number of nitrogens with zero attached hydrogens (tertiary/aromatic N) is 4. The average Bonchev–Trinajstić information content (AvgIpc) is 3.20. The van der Waals surface area contributed by atoms with Gasteiger partial charge < -0.3 is 16.0 Å². The van der Waals surface area contributed by atoms with Gasteiger partial charge in [0.25, 0.3) is 5.91 Å². The molecule has 2 aliphatic rings. The number of fused-ring (bicyclic) bond motifs is 1. The van der Waals surface area contributed by atoms with Crippen LogP contribution in [0.2, 0.25) is 0 Å². The Kier molecular flexibility index (Phi) is 4.72. The van der Waals surface area contributed by atoms with Crippen LogP contribution in [0.25, 0.3) is 22.9 Å². The highest BCUT2D eigenvalue weighted by atomic mass is 16.2. The molecule has 4 aromatic rings. The number of nitrogens with one attached hydrogen (secondary N) is 5. The van der Waals surface area contributed by atoms with Gasteiger partial charge in [-0.15, -0.1) is 0 Å². The van der Waals surface area contributed by atoms with E-state index in [4.69, 9.17) is 4.98 Å². The fourth-order valence-corrected chi connectivity index (χ4v) is 3.89. The average molecular weight is 455 g/mol. The summed E-state index contributed by atoms with van der Waals surface area (Å²) in [5.74, 6) is 0.992. The summed E-state index contributed by atoms with van der Waals surface area (Å²) in [6.07, 6.45) is 9.08. The third kappa shape index (κ3) is 3.83. The molecule has 0 unspecified atom stereocenters. The van der Waals surface area contributed by atoms with Crippen molar-refractivity contribution in [2.45, 2.75) is 25.4 Å². The Balaban J connectivity index is 1.34. The van der Waals surface area contributed by atoms with Gasteiger partial charge in [-0.25, -0.2) is 9.78 Å². The maximum absolute atomic E-state index is 12.0. The van der Waals surface area contributed by atoms with E-state index in [0.29, 0.717) is 29.6 Å². The molecule has 5 N–H and O–H groups in total. The van der Waals surface area contributed by atoms with E-state index in [1.54, 1.807) is 23.0 Å². The molecule has 0 bridgehead atoms. The summed E-state index contributed by atoms with van der Waals surface area (Å²) < 4.78 is 1.71. The van der Waals surface area contributed by atoms with Crippen molar-refractivity contribution in [2.75, 3.05) is 10.6 Å². The van der Waals surface area contributed by atoms with Crippen LogP contribution in [0.1, 0.15) is 24.0 Å². The van der Waals surface area contributed by atoms with Gasteiger partial charge >= 0.3 is 6.03 Å². The van der Waals surface area contributed by atoms with Gasteiger partial charge in [0.05, 0.1) is 12.4 Å². The van der Waals surface area contributed by atoms with E-state index in [9.17, 15) is 9.59 Å². The molecule has 2 fully saturated rings. The molecule has 1 aliphatic carbocycles. The number of anilines is 2. The highest BCUT2D eigenvalue weighted by Crippen LogP contribution is 2.28. The van der Waals surface area contributed by atoms with Gasteiger partial charge in [-0.05, 0) is 30.0 Å². The fourth-order valence-electron chi connectivity index (χ4n) is 3.89. The van der Waals surface area contributed by atoms with Crippen molar-refractivity contribution in [1.29, 1.82) is 0 Å². The molecule has 0 radical (unpaired) electrons. The third-order valence-electron chi connectivity index (χ3n) is 5.73. The Morgan fingerprint density at radius 1 is 1.15 bits per heavy atom. The molecule has 0 spiro atoms. The second-order valence-electron chi connectivity index (χ2n) is 8.24. The quantitative estimate of drug-likeness (QED) is 0.213. The standard InChI is InChI=1S/C23H21N9O2/c33-22-18(29-23(34)31-22)7-14-12-27-32-20(28-16-5-6-16)8-19(30-21(14)32)24-9-13-3-1-2-4-17(13)15-10-25-26-11-15/h1-4,7-8,10-12,16,28H,5-6,9H2,(H,24,30)(H,25,26)(H2,29,31,33,34)/b18-7+. The van der Waals surface area contributed by atoms with Crippen LogP contribution in [-0.4, -0.2) is 42.8 Å². The molecular formula is C23H21N9O2. The predicted octanol–water partition coefficient (Wildman–Crippen LogP) is 2.49. The van der Waals surface area contributed by atoms with Crippen LogP contribution < -0.4 is 21.3 Å². The van der Waals surface area contributed by atoms with Crippen LogP contribution in [0.15, 0.2) is 54.6 Å². The number of rotatable bonds is 7. The molecule has 11 nitrogen and oxygen atoms in total. The van der Waals surface area contributed by atoms with Gasteiger partial charge in [0.1, 0.15) is 17.3 Å². The number of aromatic nitrogens is 5. The van der Waals surface area contributed by atoms with Crippen LogP contribution in [0.5, 0.6) is 0 Å². The Morgan fingerprint density at radius 2 is 2.03 bits per heavy atom. The monoisotopic (exact) mass is 455 g/mol. The van der Waals surface area contributed by atoms with E-state index in [0.717, 1.165) is 35.3 Å². The lowest BCUT2D eigenvalue weighted by molar-refractivity contribution is -0.115. The highest BCUT2D eigenvalue weighted by Gasteiger charge is 2.25. The van der Waals surface area contributed by atoms with Crippen LogP contribution >= 0.6 is 0 Å². The van der Waals surface area contributed by atoms with Crippen molar-refractivity contribution in [3.8, 4) is 11.1 Å². The molecule has 1 aromatic carbocycles. The van der Waals surface area contributed by atoms with E-state index in [1.165, 1.54) is 0 Å². The van der Waals surface area contributed by atoms with E-state index in [-0.39, 0.29) is 5.70 Å². The number of H-pyrrole nitrogens is 1. The Morgan fingerprint density at radius 3 is 2.79 bits per heavy atom. The number of benzene rings is 1. The molecule has 0 atom stereocenters. The van der Waals surface area contributed by atoms with Crippen molar-refractivity contribution in [3.05, 3.63) is 65.7 Å². The number of aromatic amines is 1. The Labute approximate surface area is 193 Å². The van der Waals surface area contributed by atoms with Crippen LogP contribution in [-0.2, 0) is 11.3 Å². The zero-order chi connectivity index (χ0) is 23.1. The molecule has 170 valence electrons. The summed E-state index contributed by atoms with van der Waals surface area (Å²) in [5, 5.41) is 23.0. The van der Waals surface area contributed by atoms with E-state index < -0.39 is 11.9 Å². The lowest BCUT2D eigenvalue weighted by Gasteiger charge is -2.13. The maximum atomic E-state index is 12.0. The second-order valence-corrected chi connectivity index (χ2v) is 8.24. The molecule has 34 heavy (non-hydrogen) atoms. The molecule has 1 saturated heterocycles. The first-order valence-corrected chi connectivity index (χ1v) is 10.9. The minimum Gasteiger partial charge on any atom is -0.367 e.